The number of pyridine rings is 1. The van der Waals surface area contributed by atoms with Crippen LogP contribution in [0.4, 0.5) is 15.9 Å². The summed E-state index contributed by atoms with van der Waals surface area (Å²) in [5.41, 5.74) is 0.696. The van der Waals surface area contributed by atoms with Gasteiger partial charge in [0.1, 0.15) is 23.7 Å². The molecule has 1 aliphatic heterocycles. The van der Waals surface area contributed by atoms with Crippen LogP contribution in [0, 0.1) is 17.1 Å². The number of rotatable bonds is 3. The molecule has 5 nitrogen and oxygen atoms in total. The van der Waals surface area contributed by atoms with Gasteiger partial charge in [-0.2, -0.15) is 5.26 Å². The van der Waals surface area contributed by atoms with Gasteiger partial charge in [-0.1, -0.05) is 12.1 Å². The first-order valence-corrected chi connectivity index (χ1v) is 7.27. The first-order valence-electron chi connectivity index (χ1n) is 7.27. The summed E-state index contributed by atoms with van der Waals surface area (Å²) < 4.78 is 13.9. The SMILES string of the molecule is CN(c1ncccc1C#N)C1CCN(c2ccccc2F)C1=O. The van der Waals surface area contributed by atoms with Crippen LogP contribution in [0.3, 0.4) is 0 Å². The molecule has 1 aliphatic rings. The van der Waals surface area contributed by atoms with Gasteiger partial charge in [-0.05, 0) is 30.7 Å². The zero-order valence-electron chi connectivity index (χ0n) is 12.6. The summed E-state index contributed by atoms with van der Waals surface area (Å²) in [4.78, 5) is 20.0. The fourth-order valence-electron chi connectivity index (χ4n) is 2.85. The Labute approximate surface area is 133 Å². The molecule has 1 aromatic carbocycles. The second-order valence-corrected chi connectivity index (χ2v) is 5.34. The molecule has 0 N–H and O–H groups in total. The number of nitrogens with zero attached hydrogens (tertiary/aromatic N) is 4. The van der Waals surface area contributed by atoms with Crippen LogP contribution in [-0.2, 0) is 4.79 Å². The maximum Gasteiger partial charge on any atom is 0.249 e. The van der Waals surface area contributed by atoms with E-state index < -0.39 is 11.9 Å². The minimum absolute atomic E-state index is 0.188. The molecular weight excluding hydrogens is 295 g/mol. The highest BCUT2D eigenvalue weighted by atomic mass is 19.1. The van der Waals surface area contributed by atoms with Crippen LogP contribution in [0.1, 0.15) is 12.0 Å². The lowest BCUT2D eigenvalue weighted by Gasteiger charge is -2.25. The van der Waals surface area contributed by atoms with Crippen molar-refractivity contribution in [3.8, 4) is 6.07 Å². The van der Waals surface area contributed by atoms with Crippen LogP contribution in [0.2, 0.25) is 0 Å². The van der Waals surface area contributed by atoms with Crippen molar-refractivity contribution in [2.75, 3.05) is 23.4 Å². The van der Waals surface area contributed by atoms with Crippen molar-refractivity contribution in [3.63, 3.8) is 0 Å². The Morgan fingerprint density at radius 3 is 2.87 bits per heavy atom. The number of hydrogen-bond acceptors (Lipinski definition) is 4. The number of anilines is 2. The number of aromatic nitrogens is 1. The molecule has 116 valence electrons. The predicted octanol–water partition coefficient (Wildman–Crippen LogP) is 2.33. The Hall–Kier alpha value is -2.94. The first-order chi connectivity index (χ1) is 11.1. The molecule has 3 rings (SSSR count). The second-order valence-electron chi connectivity index (χ2n) is 5.34. The molecule has 23 heavy (non-hydrogen) atoms. The van der Waals surface area contributed by atoms with E-state index in [4.69, 9.17) is 0 Å². The Balaban J connectivity index is 1.87. The number of para-hydroxylation sites is 1. The molecule has 0 spiro atoms. The molecule has 1 atom stereocenters. The van der Waals surface area contributed by atoms with Gasteiger partial charge in [-0.25, -0.2) is 9.37 Å². The average molecular weight is 310 g/mol. The molecule has 1 saturated heterocycles. The normalized spacial score (nSPS) is 17.2. The molecule has 6 heteroatoms. The topological polar surface area (TPSA) is 60.2 Å². The van der Waals surface area contributed by atoms with Crippen LogP contribution >= 0.6 is 0 Å². The van der Waals surface area contributed by atoms with Crippen molar-refractivity contribution in [2.45, 2.75) is 12.5 Å². The van der Waals surface area contributed by atoms with E-state index in [2.05, 4.69) is 11.1 Å². The standard InChI is InChI=1S/C17H15FN4O/c1-21(16-12(11-19)5-4-9-20-16)15-8-10-22(17(15)23)14-7-3-2-6-13(14)18/h2-7,9,15H,8,10H2,1H3. The fraction of sp³-hybridized carbons (Fsp3) is 0.235. The number of carbonyl (C=O) groups excluding carboxylic acids is 1. The summed E-state index contributed by atoms with van der Waals surface area (Å²) in [6.07, 6.45) is 2.13. The summed E-state index contributed by atoms with van der Waals surface area (Å²) in [6, 6.07) is 11.2. The third kappa shape index (κ3) is 2.61. The smallest absolute Gasteiger partial charge is 0.249 e. The van der Waals surface area contributed by atoms with E-state index in [1.807, 2.05) is 0 Å². The van der Waals surface area contributed by atoms with Crippen LogP contribution in [0.5, 0.6) is 0 Å². The quantitative estimate of drug-likeness (QED) is 0.873. The maximum atomic E-state index is 13.9. The number of carbonyl (C=O) groups is 1. The van der Waals surface area contributed by atoms with Crippen LogP contribution < -0.4 is 9.80 Å². The molecule has 1 fully saturated rings. The van der Waals surface area contributed by atoms with Gasteiger partial charge < -0.3 is 9.80 Å². The molecule has 0 bridgehead atoms. The van der Waals surface area contributed by atoms with Gasteiger partial charge in [0.25, 0.3) is 0 Å². The third-order valence-corrected chi connectivity index (χ3v) is 4.03. The van der Waals surface area contributed by atoms with Crippen molar-refractivity contribution >= 4 is 17.4 Å². The fourth-order valence-corrected chi connectivity index (χ4v) is 2.85. The van der Waals surface area contributed by atoms with E-state index in [0.717, 1.165) is 0 Å². The van der Waals surface area contributed by atoms with E-state index in [0.29, 0.717) is 24.3 Å². The van der Waals surface area contributed by atoms with Crippen molar-refractivity contribution in [1.82, 2.24) is 4.98 Å². The average Bonchev–Trinajstić information content (AvgIpc) is 2.96. The molecule has 0 radical (unpaired) electrons. The molecule has 1 amide bonds. The number of benzene rings is 1. The number of likely N-dealkylation sites (N-methyl/N-ethyl adjacent to an activating group) is 1. The van der Waals surface area contributed by atoms with Crippen molar-refractivity contribution < 1.29 is 9.18 Å². The summed E-state index contributed by atoms with van der Waals surface area (Å²) in [7, 11) is 1.73. The van der Waals surface area contributed by atoms with E-state index in [1.165, 1.54) is 11.0 Å². The Kier molecular flexibility index (Phi) is 3.94. The van der Waals surface area contributed by atoms with Crippen LogP contribution in [0.15, 0.2) is 42.6 Å². The van der Waals surface area contributed by atoms with E-state index >= 15 is 0 Å². The molecule has 0 aliphatic carbocycles. The highest BCUT2D eigenvalue weighted by molar-refractivity contribution is 6.01. The number of amides is 1. The Morgan fingerprint density at radius 2 is 2.13 bits per heavy atom. The van der Waals surface area contributed by atoms with Crippen molar-refractivity contribution in [1.29, 1.82) is 5.26 Å². The zero-order chi connectivity index (χ0) is 16.4. The van der Waals surface area contributed by atoms with E-state index in [9.17, 15) is 14.4 Å². The van der Waals surface area contributed by atoms with Crippen LogP contribution in [0.25, 0.3) is 0 Å². The van der Waals surface area contributed by atoms with Crippen molar-refractivity contribution in [3.05, 3.63) is 54.0 Å². The van der Waals surface area contributed by atoms with Gasteiger partial charge in [0.2, 0.25) is 5.91 Å². The lowest BCUT2D eigenvalue weighted by atomic mass is 10.2. The Morgan fingerprint density at radius 1 is 1.35 bits per heavy atom. The van der Waals surface area contributed by atoms with Gasteiger partial charge >= 0.3 is 0 Å². The predicted molar refractivity (Wildman–Crippen MR) is 84.5 cm³/mol. The summed E-state index contributed by atoms with van der Waals surface area (Å²) >= 11 is 0. The largest absolute Gasteiger partial charge is 0.346 e. The maximum absolute atomic E-state index is 13.9. The third-order valence-electron chi connectivity index (χ3n) is 4.03. The van der Waals surface area contributed by atoms with E-state index in [-0.39, 0.29) is 11.6 Å². The highest BCUT2D eigenvalue weighted by Gasteiger charge is 2.37. The molecule has 1 unspecified atom stereocenters. The first kappa shape index (κ1) is 15.0. The summed E-state index contributed by atoms with van der Waals surface area (Å²) in [5.74, 6) is -0.143. The van der Waals surface area contributed by atoms with Gasteiger partial charge in [-0.15, -0.1) is 0 Å². The summed E-state index contributed by atoms with van der Waals surface area (Å²) in [6.45, 7) is 0.434. The summed E-state index contributed by atoms with van der Waals surface area (Å²) in [5, 5.41) is 9.18. The van der Waals surface area contributed by atoms with Gasteiger partial charge in [-0.3, -0.25) is 4.79 Å². The molecule has 2 heterocycles. The van der Waals surface area contributed by atoms with Gasteiger partial charge in [0, 0.05) is 19.8 Å². The van der Waals surface area contributed by atoms with Gasteiger partial charge in [0.15, 0.2) is 0 Å². The number of hydrogen-bond donors (Lipinski definition) is 0. The lowest BCUT2D eigenvalue weighted by Crippen LogP contribution is -2.40. The lowest BCUT2D eigenvalue weighted by molar-refractivity contribution is -0.118. The minimum Gasteiger partial charge on any atom is -0.346 e. The number of nitriles is 1. The highest BCUT2D eigenvalue weighted by Crippen LogP contribution is 2.28. The minimum atomic E-state index is -0.461. The van der Waals surface area contributed by atoms with Crippen LogP contribution in [-0.4, -0.2) is 30.5 Å². The van der Waals surface area contributed by atoms with Gasteiger partial charge in [0.05, 0.1) is 11.3 Å². The zero-order valence-corrected chi connectivity index (χ0v) is 12.6. The molecule has 2 aromatic rings. The second kappa shape index (κ2) is 6.05. The van der Waals surface area contributed by atoms with Crippen molar-refractivity contribution in [2.24, 2.45) is 0 Å². The number of halogens is 1. The monoisotopic (exact) mass is 310 g/mol. The van der Waals surface area contributed by atoms with E-state index in [1.54, 1.807) is 48.5 Å². The Bertz CT molecular complexity index is 786. The molecular formula is C17H15FN4O. The molecule has 1 aromatic heterocycles. The molecule has 0 saturated carbocycles.